The van der Waals surface area contributed by atoms with E-state index < -0.39 is 23.5 Å². The second-order valence-corrected chi connectivity index (χ2v) is 4.45. The van der Waals surface area contributed by atoms with Gasteiger partial charge < -0.3 is 10.4 Å². The molecule has 0 amide bonds. The van der Waals surface area contributed by atoms with Crippen molar-refractivity contribution in [2.24, 2.45) is 5.92 Å². The SMILES string of the molecule is CCC(CNc1ccc(C(F)(F)F)cc1F)CC(=O)O. The molecule has 1 rings (SSSR count). The van der Waals surface area contributed by atoms with Gasteiger partial charge in [-0.1, -0.05) is 13.3 Å². The summed E-state index contributed by atoms with van der Waals surface area (Å²) in [6, 6.07) is 2.20. The van der Waals surface area contributed by atoms with Crippen LogP contribution < -0.4 is 5.32 Å². The number of rotatable bonds is 6. The average Bonchev–Trinajstić information content (AvgIpc) is 2.33. The fraction of sp³-hybridized carbons (Fsp3) is 0.462. The number of nitrogens with one attached hydrogen (secondary N) is 1. The topological polar surface area (TPSA) is 49.3 Å². The molecule has 0 aliphatic heterocycles. The molecule has 7 heteroatoms. The fourth-order valence-corrected chi connectivity index (χ4v) is 1.70. The van der Waals surface area contributed by atoms with Gasteiger partial charge in [-0.25, -0.2) is 4.39 Å². The van der Waals surface area contributed by atoms with E-state index in [0.717, 1.165) is 12.1 Å². The van der Waals surface area contributed by atoms with Crippen LogP contribution in [-0.2, 0) is 11.0 Å². The predicted molar refractivity (Wildman–Crippen MR) is 65.9 cm³/mol. The molecule has 20 heavy (non-hydrogen) atoms. The van der Waals surface area contributed by atoms with Crippen molar-refractivity contribution in [2.75, 3.05) is 11.9 Å². The van der Waals surface area contributed by atoms with Crippen molar-refractivity contribution in [2.45, 2.75) is 25.9 Å². The van der Waals surface area contributed by atoms with Gasteiger partial charge in [0.1, 0.15) is 5.82 Å². The third kappa shape index (κ3) is 4.71. The van der Waals surface area contributed by atoms with Gasteiger partial charge in [0.05, 0.1) is 11.3 Å². The third-order valence-electron chi connectivity index (χ3n) is 2.92. The highest BCUT2D eigenvalue weighted by molar-refractivity contribution is 5.67. The number of benzene rings is 1. The Kier molecular flexibility index (Phi) is 5.35. The number of carboxylic acid groups (broad SMARTS) is 1. The highest BCUT2D eigenvalue weighted by Crippen LogP contribution is 2.31. The van der Waals surface area contributed by atoms with Gasteiger partial charge in [-0.15, -0.1) is 0 Å². The highest BCUT2D eigenvalue weighted by atomic mass is 19.4. The largest absolute Gasteiger partial charge is 0.481 e. The standard InChI is InChI=1S/C13H15F4NO2/c1-2-8(5-12(19)20)7-18-11-4-3-9(6-10(11)14)13(15,16)17/h3-4,6,8,18H,2,5,7H2,1H3,(H,19,20). The molecule has 1 aromatic carbocycles. The van der Waals surface area contributed by atoms with Gasteiger partial charge in [0, 0.05) is 13.0 Å². The van der Waals surface area contributed by atoms with Crippen molar-refractivity contribution in [1.82, 2.24) is 0 Å². The van der Waals surface area contributed by atoms with E-state index in [4.69, 9.17) is 5.11 Å². The van der Waals surface area contributed by atoms with E-state index in [2.05, 4.69) is 5.32 Å². The van der Waals surface area contributed by atoms with Crippen LogP contribution >= 0.6 is 0 Å². The van der Waals surface area contributed by atoms with Gasteiger partial charge in [0.2, 0.25) is 0 Å². The summed E-state index contributed by atoms with van der Waals surface area (Å²) in [5, 5.41) is 11.3. The quantitative estimate of drug-likeness (QED) is 0.785. The minimum atomic E-state index is -4.59. The van der Waals surface area contributed by atoms with Crippen LogP contribution in [0.5, 0.6) is 0 Å². The number of carboxylic acids is 1. The van der Waals surface area contributed by atoms with Crippen molar-refractivity contribution < 1.29 is 27.5 Å². The van der Waals surface area contributed by atoms with Gasteiger partial charge in [-0.3, -0.25) is 4.79 Å². The normalized spacial score (nSPS) is 13.1. The van der Waals surface area contributed by atoms with Crippen molar-refractivity contribution in [3.05, 3.63) is 29.6 Å². The molecule has 3 nitrogen and oxygen atoms in total. The summed E-state index contributed by atoms with van der Waals surface area (Å²) in [5.74, 6) is -2.19. The van der Waals surface area contributed by atoms with E-state index in [0.29, 0.717) is 12.5 Å². The molecule has 0 bridgehead atoms. The lowest BCUT2D eigenvalue weighted by Crippen LogP contribution is -2.18. The maximum Gasteiger partial charge on any atom is 0.416 e. The summed E-state index contributed by atoms with van der Waals surface area (Å²) in [6.07, 6.45) is -4.10. The maximum atomic E-state index is 13.5. The first-order valence-corrected chi connectivity index (χ1v) is 6.06. The van der Waals surface area contributed by atoms with Crippen LogP contribution in [0.25, 0.3) is 0 Å². The lowest BCUT2D eigenvalue weighted by Gasteiger charge is -2.15. The summed E-state index contributed by atoms with van der Waals surface area (Å²) in [7, 11) is 0. The Balaban J connectivity index is 2.71. The predicted octanol–water partition coefficient (Wildman–Crippen LogP) is 3.76. The van der Waals surface area contributed by atoms with E-state index in [1.54, 1.807) is 6.92 Å². The zero-order chi connectivity index (χ0) is 15.3. The van der Waals surface area contributed by atoms with Crippen LogP contribution in [0.3, 0.4) is 0 Å². The highest BCUT2D eigenvalue weighted by Gasteiger charge is 2.31. The Morgan fingerprint density at radius 2 is 2.05 bits per heavy atom. The summed E-state index contributed by atoms with van der Waals surface area (Å²) in [5.41, 5.74) is -1.13. The maximum absolute atomic E-state index is 13.5. The molecule has 0 radical (unpaired) electrons. The van der Waals surface area contributed by atoms with Gasteiger partial charge in [-0.2, -0.15) is 13.2 Å². The van der Waals surface area contributed by atoms with E-state index in [-0.39, 0.29) is 24.6 Å². The van der Waals surface area contributed by atoms with Crippen molar-refractivity contribution in [3.8, 4) is 0 Å². The van der Waals surface area contributed by atoms with Gasteiger partial charge >= 0.3 is 12.1 Å². The zero-order valence-corrected chi connectivity index (χ0v) is 10.8. The minimum absolute atomic E-state index is 0.0677. The van der Waals surface area contributed by atoms with Crippen LogP contribution in [0, 0.1) is 11.7 Å². The van der Waals surface area contributed by atoms with Crippen LogP contribution in [0.15, 0.2) is 18.2 Å². The lowest BCUT2D eigenvalue weighted by molar-refractivity contribution is -0.138. The molecule has 1 aromatic rings. The van der Waals surface area contributed by atoms with E-state index >= 15 is 0 Å². The van der Waals surface area contributed by atoms with E-state index in [9.17, 15) is 22.4 Å². The molecular formula is C13H15F4NO2. The molecule has 2 N–H and O–H groups in total. The van der Waals surface area contributed by atoms with Crippen LogP contribution in [0.2, 0.25) is 0 Å². The Hall–Kier alpha value is -1.79. The molecule has 112 valence electrons. The summed E-state index contributed by atoms with van der Waals surface area (Å²) >= 11 is 0. The fourth-order valence-electron chi connectivity index (χ4n) is 1.70. The van der Waals surface area contributed by atoms with Crippen LogP contribution in [0.1, 0.15) is 25.3 Å². The Labute approximate surface area is 113 Å². The molecule has 0 aromatic heterocycles. The molecule has 0 spiro atoms. The Morgan fingerprint density at radius 1 is 1.40 bits per heavy atom. The van der Waals surface area contributed by atoms with Crippen LogP contribution in [-0.4, -0.2) is 17.6 Å². The minimum Gasteiger partial charge on any atom is -0.481 e. The van der Waals surface area contributed by atoms with Gasteiger partial charge in [-0.05, 0) is 24.1 Å². The number of halogens is 4. The zero-order valence-electron chi connectivity index (χ0n) is 10.8. The summed E-state index contributed by atoms with van der Waals surface area (Å²) in [4.78, 5) is 10.6. The number of alkyl halides is 3. The first-order chi connectivity index (χ1) is 9.24. The van der Waals surface area contributed by atoms with Crippen LogP contribution in [0.4, 0.5) is 23.2 Å². The first kappa shape index (κ1) is 16.3. The number of hydrogen-bond donors (Lipinski definition) is 2. The smallest absolute Gasteiger partial charge is 0.416 e. The molecular weight excluding hydrogens is 278 g/mol. The van der Waals surface area contributed by atoms with Gasteiger partial charge in [0.15, 0.2) is 0 Å². The van der Waals surface area contributed by atoms with Crippen molar-refractivity contribution in [1.29, 1.82) is 0 Å². The number of carbonyl (C=O) groups is 1. The van der Waals surface area contributed by atoms with Crippen molar-refractivity contribution >= 4 is 11.7 Å². The molecule has 0 aliphatic carbocycles. The summed E-state index contributed by atoms with van der Waals surface area (Å²) < 4.78 is 50.6. The summed E-state index contributed by atoms with van der Waals surface area (Å²) in [6.45, 7) is 1.98. The molecule has 1 atom stereocenters. The average molecular weight is 293 g/mol. The number of anilines is 1. The Morgan fingerprint density at radius 3 is 2.50 bits per heavy atom. The molecule has 0 saturated heterocycles. The number of hydrogen-bond acceptors (Lipinski definition) is 2. The molecule has 0 fully saturated rings. The van der Waals surface area contributed by atoms with Gasteiger partial charge in [0.25, 0.3) is 0 Å². The van der Waals surface area contributed by atoms with E-state index in [1.807, 2.05) is 0 Å². The lowest BCUT2D eigenvalue weighted by atomic mass is 10.0. The third-order valence-corrected chi connectivity index (χ3v) is 2.92. The number of aliphatic carboxylic acids is 1. The monoisotopic (exact) mass is 293 g/mol. The molecule has 1 unspecified atom stereocenters. The molecule has 0 aliphatic rings. The van der Waals surface area contributed by atoms with Crippen molar-refractivity contribution in [3.63, 3.8) is 0 Å². The first-order valence-electron chi connectivity index (χ1n) is 6.06. The second-order valence-electron chi connectivity index (χ2n) is 4.45. The second kappa shape index (κ2) is 6.58. The molecule has 0 saturated carbocycles. The Bertz CT molecular complexity index is 474. The molecule has 0 heterocycles. The van der Waals surface area contributed by atoms with E-state index in [1.165, 1.54) is 0 Å².